The molecule has 0 radical (unpaired) electrons. The first kappa shape index (κ1) is 13.0. The number of hydrogen-bond acceptors (Lipinski definition) is 2. The zero-order chi connectivity index (χ0) is 13.1. The predicted molar refractivity (Wildman–Crippen MR) is 66.7 cm³/mol. The third-order valence-corrected chi connectivity index (χ3v) is 3.32. The highest BCUT2D eigenvalue weighted by atomic mass is 19.1. The summed E-state index contributed by atoms with van der Waals surface area (Å²) >= 11 is 0. The highest BCUT2D eigenvalue weighted by molar-refractivity contribution is 5.81. The van der Waals surface area contributed by atoms with E-state index in [1.54, 1.807) is 13.0 Å². The van der Waals surface area contributed by atoms with Crippen molar-refractivity contribution in [2.45, 2.75) is 38.8 Å². The third-order valence-electron chi connectivity index (χ3n) is 3.32. The smallest absolute Gasteiger partial charge is 0.249 e. The molecule has 18 heavy (non-hydrogen) atoms. The maximum Gasteiger partial charge on any atom is 0.249 e. The number of carbonyl (C=O) groups excluding carboxylic acids is 1. The lowest BCUT2D eigenvalue weighted by molar-refractivity contribution is -0.132. The molecular weight excluding hydrogens is 233 g/mol. The van der Waals surface area contributed by atoms with Crippen LogP contribution in [0.15, 0.2) is 18.2 Å². The number of carbonyl (C=O) groups is 1. The van der Waals surface area contributed by atoms with Crippen molar-refractivity contribution in [3.8, 4) is 0 Å². The second-order valence-corrected chi connectivity index (χ2v) is 4.51. The van der Waals surface area contributed by atoms with Crippen molar-refractivity contribution in [3.63, 3.8) is 0 Å². The van der Waals surface area contributed by atoms with E-state index in [-0.39, 0.29) is 17.8 Å². The second-order valence-electron chi connectivity index (χ2n) is 4.51. The summed E-state index contributed by atoms with van der Waals surface area (Å²) < 4.78 is 18.8. The molecule has 0 bridgehead atoms. The van der Waals surface area contributed by atoms with Gasteiger partial charge in [-0.05, 0) is 43.9 Å². The molecule has 0 saturated heterocycles. The molecular formula is C14H18FNO2. The molecule has 3 nitrogen and oxygen atoms in total. The highest BCUT2D eigenvalue weighted by Crippen LogP contribution is 2.32. The molecule has 2 rings (SSSR count). The van der Waals surface area contributed by atoms with Crippen LogP contribution in [0.2, 0.25) is 0 Å². The molecule has 0 spiro atoms. The first-order valence-electron chi connectivity index (χ1n) is 6.32. The summed E-state index contributed by atoms with van der Waals surface area (Å²) in [6.45, 7) is 4.08. The number of rotatable bonds is 4. The standard InChI is InChI=1S/C14H18FNO2/c1-3-18-9(2)14(17)16-13-8-7-10-11(13)5-4-6-12(10)15/h4-6,9,13H,3,7-8H2,1-2H3,(H,16,17)/t9-,13-/m1/s1. The summed E-state index contributed by atoms with van der Waals surface area (Å²) in [7, 11) is 0. The SMILES string of the molecule is CCO[C@H](C)C(=O)N[C@@H]1CCc2c(F)cccc21. The van der Waals surface area contributed by atoms with Crippen LogP contribution >= 0.6 is 0 Å². The summed E-state index contributed by atoms with van der Waals surface area (Å²) in [6, 6.07) is 4.93. The maximum absolute atomic E-state index is 13.5. The zero-order valence-electron chi connectivity index (χ0n) is 10.7. The Hall–Kier alpha value is -1.42. The van der Waals surface area contributed by atoms with Crippen molar-refractivity contribution in [1.82, 2.24) is 5.32 Å². The molecule has 0 unspecified atom stereocenters. The van der Waals surface area contributed by atoms with Gasteiger partial charge >= 0.3 is 0 Å². The van der Waals surface area contributed by atoms with Gasteiger partial charge < -0.3 is 10.1 Å². The maximum atomic E-state index is 13.5. The number of ether oxygens (including phenoxy) is 1. The summed E-state index contributed by atoms with van der Waals surface area (Å²) in [5.74, 6) is -0.318. The Balaban J connectivity index is 2.06. The van der Waals surface area contributed by atoms with Crippen LogP contribution in [0.1, 0.15) is 37.4 Å². The molecule has 0 saturated carbocycles. The van der Waals surface area contributed by atoms with Gasteiger partial charge in [0.25, 0.3) is 0 Å². The lowest BCUT2D eigenvalue weighted by atomic mass is 10.1. The molecule has 1 aliphatic carbocycles. The van der Waals surface area contributed by atoms with Gasteiger partial charge in [0.1, 0.15) is 11.9 Å². The first-order valence-corrected chi connectivity index (χ1v) is 6.32. The van der Waals surface area contributed by atoms with Crippen LogP contribution in [-0.2, 0) is 16.0 Å². The summed E-state index contributed by atoms with van der Waals surface area (Å²) in [5, 5.41) is 2.92. The average Bonchev–Trinajstić information content (AvgIpc) is 2.74. The van der Waals surface area contributed by atoms with Gasteiger partial charge in [-0.25, -0.2) is 4.39 Å². The van der Waals surface area contributed by atoms with E-state index in [1.807, 2.05) is 13.0 Å². The van der Waals surface area contributed by atoms with E-state index in [4.69, 9.17) is 4.74 Å². The molecule has 0 fully saturated rings. The molecule has 1 N–H and O–H groups in total. The van der Waals surface area contributed by atoms with E-state index < -0.39 is 6.10 Å². The van der Waals surface area contributed by atoms with Gasteiger partial charge in [0.05, 0.1) is 6.04 Å². The topological polar surface area (TPSA) is 38.3 Å². The average molecular weight is 251 g/mol. The van der Waals surface area contributed by atoms with E-state index in [0.29, 0.717) is 13.0 Å². The molecule has 4 heteroatoms. The van der Waals surface area contributed by atoms with Crippen LogP contribution in [0.3, 0.4) is 0 Å². The third kappa shape index (κ3) is 2.53. The predicted octanol–water partition coefficient (Wildman–Crippen LogP) is 2.35. The number of halogens is 1. The minimum absolute atomic E-state index is 0.0916. The molecule has 2 atom stereocenters. The highest BCUT2D eigenvalue weighted by Gasteiger charge is 2.27. The monoisotopic (exact) mass is 251 g/mol. The number of fused-ring (bicyclic) bond motifs is 1. The number of hydrogen-bond donors (Lipinski definition) is 1. The van der Waals surface area contributed by atoms with Gasteiger partial charge in [-0.15, -0.1) is 0 Å². The van der Waals surface area contributed by atoms with Crippen LogP contribution < -0.4 is 5.32 Å². The Morgan fingerprint density at radius 2 is 2.39 bits per heavy atom. The van der Waals surface area contributed by atoms with Crippen LogP contribution in [0.25, 0.3) is 0 Å². The molecule has 1 aliphatic rings. The van der Waals surface area contributed by atoms with Gasteiger partial charge in [-0.3, -0.25) is 4.79 Å². The zero-order valence-corrected chi connectivity index (χ0v) is 10.7. The van der Waals surface area contributed by atoms with Crippen molar-refractivity contribution in [2.24, 2.45) is 0 Å². The molecule has 1 aromatic rings. The van der Waals surface area contributed by atoms with Gasteiger partial charge in [-0.2, -0.15) is 0 Å². The Morgan fingerprint density at radius 1 is 1.61 bits per heavy atom. The van der Waals surface area contributed by atoms with Gasteiger partial charge in [0, 0.05) is 6.61 Å². The Morgan fingerprint density at radius 3 is 3.11 bits per heavy atom. The van der Waals surface area contributed by atoms with E-state index in [0.717, 1.165) is 17.5 Å². The fourth-order valence-corrected chi connectivity index (χ4v) is 2.37. The minimum Gasteiger partial charge on any atom is -0.369 e. The van der Waals surface area contributed by atoms with Gasteiger partial charge in [0.15, 0.2) is 0 Å². The van der Waals surface area contributed by atoms with Crippen molar-refractivity contribution >= 4 is 5.91 Å². The number of nitrogens with one attached hydrogen (secondary N) is 1. The molecule has 98 valence electrons. The Bertz CT molecular complexity index is 447. The number of amides is 1. The van der Waals surface area contributed by atoms with Crippen molar-refractivity contribution < 1.29 is 13.9 Å². The van der Waals surface area contributed by atoms with Crippen molar-refractivity contribution in [2.75, 3.05) is 6.61 Å². The van der Waals surface area contributed by atoms with Crippen LogP contribution in [0.4, 0.5) is 4.39 Å². The molecule has 1 aromatic carbocycles. The quantitative estimate of drug-likeness (QED) is 0.892. The van der Waals surface area contributed by atoms with E-state index >= 15 is 0 Å². The Kier molecular flexibility index (Phi) is 3.97. The normalized spacial score (nSPS) is 19.4. The summed E-state index contributed by atoms with van der Waals surface area (Å²) in [4.78, 5) is 11.9. The summed E-state index contributed by atoms with van der Waals surface area (Å²) in [5.41, 5.74) is 1.62. The lowest BCUT2D eigenvalue weighted by Crippen LogP contribution is -2.36. The molecule has 0 aromatic heterocycles. The van der Waals surface area contributed by atoms with Gasteiger partial charge in [0.2, 0.25) is 5.91 Å². The molecule has 0 heterocycles. The summed E-state index contributed by atoms with van der Waals surface area (Å²) in [6.07, 6.45) is 0.962. The largest absolute Gasteiger partial charge is 0.369 e. The van der Waals surface area contributed by atoms with E-state index in [9.17, 15) is 9.18 Å². The van der Waals surface area contributed by atoms with Crippen LogP contribution in [-0.4, -0.2) is 18.6 Å². The minimum atomic E-state index is -0.465. The first-order chi connectivity index (χ1) is 8.63. The molecule has 0 aliphatic heterocycles. The lowest BCUT2D eigenvalue weighted by Gasteiger charge is -2.17. The van der Waals surface area contributed by atoms with Crippen LogP contribution in [0.5, 0.6) is 0 Å². The number of benzene rings is 1. The van der Waals surface area contributed by atoms with Crippen molar-refractivity contribution in [1.29, 1.82) is 0 Å². The fourth-order valence-electron chi connectivity index (χ4n) is 2.37. The fraction of sp³-hybridized carbons (Fsp3) is 0.500. The van der Waals surface area contributed by atoms with Crippen LogP contribution in [0, 0.1) is 5.82 Å². The second kappa shape index (κ2) is 5.48. The molecule has 1 amide bonds. The van der Waals surface area contributed by atoms with E-state index in [1.165, 1.54) is 6.07 Å². The van der Waals surface area contributed by atoms with Gasteiger partial charge in [-0.1, -0.05) is 12.1 Å². The van der Waals surface area contributed by atoms with E-state index in [2.05, 4.69) is 5.32 Å². The Labute approximate surface area is 106 Å². The van der Waals surface area contributed by atoms with Crippen molar-refractivity contribution in [3.05, 3.63) is 35.1 Å².